The number of anilines is 1. The lowest BCUT2D eigenvalue weighted by molar-refractivity contribution is -0.139. The summed E-state index contributed by atoms with van der Waals surface area (Å²) >= 11 is 0. The Morgan fingerprint density at radius 2 is 1.74 bits per heavy atom. The van der Waals surface area contributed by atoms with Crippen LogP contribution in [0.2, 0.25) is 0 Å². The number of methoxy groups -OCH3 is 1. The lowest BCUT2D eigenvalue weighted by atomic mass is 9.90. The molecule has 0 radical (unpaired) electrons. The summed E-state index contributed by atoms with van der Waals surface area (Å²) in [6.45, 7) is 5.76. The highest BCUT2D eigenvalue weighted by molar-refractivity contribution is 6.16. The van der Waals surface area contributed by atoms with E-state index in [-0.39, 0.29) is 36.1 Å². The van der Waals surface area contributed by atoms with Gasteiger partial charge in [0.25, 0.3) is 5.91 Å². The highest BCUT2D eigenvalue weighted by atomic mass is 16.5. The van der Waals surface area contributed by atoms with E-state index >= 15 is 0 Å². The van der Waals surface area contributed by atoms with Gasteiger partial charge < -0.3 is 9.84 Å². The van der Waals surface area contributed by atoms with Crippen LogP contribution in [0, 0.1) is 12.8 Å². The monoisotopic (exact) mass is 421 g/mol. The van der Waals surface area contributed by atoms with Crippen LogP contribution in [-0.4, -0.2) is 29.9 Å². The lowest BCUT2D eigenvalue weighted by Gasteiger charge is -2.28. The number of carbonyl (C=O) groups excluding carboxylic acids is 3. The molecule has 2 aromatic carbocycles. The third-order valence-electron chi connectivity index (χ3n) is 5.38. The predicted molar refractivity (Wildman–Crippen MR) is 118 cm³/mol. The number of aryl methyl sites for hydroxylation is 1. The van der Waals surface area contributed by atoms with Gasteiger partial charge in [0, 0.05) is 12.1 Å². The second-order valence-corrected chi connectivity index (χ2v) is 8.14. The van der Waals surface area contributed by atoms with Crippen LogP contribution >= 0.6 is 0 Å². The third kappa shape index (κ3) is 4.53. The van der Waals surface area contributed by atoms with Crippen molar-refractivity contribution in [1.29, 1.82) is 0 Å². The molecule has 0 aromatic heterocycles. The minimum Gasteiger partial charge on any atom is -0.503 e. The largest absolute Gasteiger partial charge is 0.503 e. The van der Waals surface area contributed by atoms with Gasteiger partial charge >= 0.3 is 5.97 Å². The number of Topliss-reactive ketones (excluding diaryl/α,β-unsaturated/α-hetero) is 1. The van der Waals surface area contributed by atoms with Gasteiger partial charge in [-0.25, -0.2) is 0 Å². The number of ether oxygens (including phenoxy) is 1. The topological polar surface area (TPSA) is 83.9 Å². The van der Waals surface area contributed by atoms with Gasteiger partial charge in [0.15, 0.2) is 11.5 Å². The Morgan fingerprint density at radius 1 is 1.10 bits per heavy atom. The van der Waals surface area contributed by atoms with Crippen molar-refractivity contribution in [2.24, 2.45) is 5.92 Å². The number of nitrogens with zero attached hydrogens (tertiary/aromatic N) is 1. The Bertz CT molecular complexity index is 1040. The number of aliphatic hydroxyl groups is 1. The highest BCUT2D eigenvalue weighted by Gasteiger charge is 2.44. The Balaban J connectivity index is 2.07. The van der Waals surface area contributed by atoms with E-state index < -0.39 is 17.7 Å². The molecule has 162 valence electrons. The molecule has 1 aliphatic rings. The molecule has 1 amide bonds. The average Bonchev–Trinajstić information content (AvgIpc) is 2.99. The maximum Gasteiger partial charge on any atom is 0.309 e. The van der Waals surface area contributed by atoms with Gasteiger partial charge in [-0.15, -0.1) is 0 Å². The Morgan fingerprint density at radius 3 is 2.32 bits per heavy atom. The molecular formula is C25H27NO5. The van der Waals surface area contributed by atoms with Crippen molar-refractivity contribution in [2.45, 2.75) is 39.7 Å². The molecule has 1 aliphatic heterocycles. The summed E-state index contributed by atoms with van der Waals surface area (Å²) in [7, 11) is 1.33. The van der Waals surface area contributed by atoms with Crippen LogP contribution in [0.15, 0.2) is 59.9 Å². The highest BCUT2D eigenvalue weighted by Crippen LogP contribution is 2.42. The van der Waals surface area contributed by atoms with Crippen molar-refractivity contribution in [3.63, 3.8) is 0 Å². The van der Waals surface area contributed by atoms with E-state index in [2.05, 4.69) is 0 Å². The molecule has 0 saturated carbocycles. The molecule has 1 N–H and O–H groups in total. The van der Waals surface area contributed by atoms with E-state index in [0.29, 0.717) is 5.69 Å². The van der Waals surface area contributed by atoms with Crippen LogP contribution in [0.5, 0.6) is 0 Å². The molecule has 0 bridgehead atoms. The van der Waals surface area contributed by atoms with Crippen molar-refractivity contribution in [1.82, 2.24) is 0 Å². The first-order valence-electron chi connectivity index (χ1n) is 10.3. The number of carbonyl (C=O) groups is 3. The lowest BCUT2D eigenvalue weighted by Crippen LogP contribution is -2.31. The van der Waals surface area contributed by atoms with Gasteiger partial charge in [0.05, 0.1) is 25.1 Å². The minimum atomic E-state index is -0.716. The van der Waals surface area contributed by atoms with Crippen LogP contribution < -0.4 is 4.90 Å². The molecule has 1 unspecified atom stereocenters. The number of ketones is 1. The minimum absolute atomic E-state index is 0.0899. The van der Waals surface area contributed by atoms with Crippen LogP contribution in [0.3, 0.4) is 0 Å². The molecule has 3 rings (SSSR count). The summed E-state index contributed by atoms with van der Waals surface area (Å²) in [6, 6.07) is 13.7. The zero-order valence-corrected chi connectivity index (χ0v) is 18.2. The zero-order chi connectivity index (χ0) is 22.7. The molecule has 0 aliphatic carbocycles. The number of hydrogen-bond donors (Lipinski definition) is 1. The summed E-state index contributed by atoms with van der Waals surface area (Å²) in [5.41, 5.74) is 3.10. The standard InChI is InChI=1S/C25H27NO5/c1-15(2)13-20(27)22-23(19-8-6-5-7-16(19)3)26(25(30)24(22)29)18-11-9-17(10-12-18)14-21(28)31-4/h5-12,15,23,29H,13-14H2,1-4H3. The summed E-state index contributed by atoms with van der Waals surface area (Å²) in [5.74, 6) is -1.62. The zero-order valence-electron chi connectivity index (χ0n) is 18.2. The Labute approximate surface area is 182 Å². The predicted octanol–water partition coefficient (Wildman–Crippen LogP) is 4.23. The first-order valence-corrected chi connectivity index (χ1v) is 10.3. The van der Waals surface area contributed by atoms with Crippen LogP contribution in [0.1, 0.15) is 43.0 Å². The summed E-state index contributed by atoms with van der Waals surface area (Å²) in [6.07, 6.45) is 0.356. The van der Waals surface area contributed by atoms with Crippen molar-refractivity contribution >= 4 is 23.3 Å². The number of rotatable bonds is 7. The summed E-state index contributed by atoms with van der Waals surface area (Å²) in [5, 5.41) is 10.7. The van der Waals surface area contributed by atoms with E-state index in [1.807, 2.05) is 45.0 Å². The Kier molecular flexibility index (Phi) is 6.59. The molecule has 1 atom stereocenters. The fraction of sp³-hybridized carbons (Fsp3) is 0.320. The summed E-state index contributed by atoms with van der Waals surface area (Å²) < 4.78 is 4.69. The van der Waals surface area contributed by atoms with Crippen LogP contribution in [0.25, 0.3) is 0 Å². The average molecular weight is 421 g/mol. The number of esters is 1. The van der Waals surface area contributed by atoms with Gasteiger partial charge in [-0.2, -0.15) is 0 Å². The van der Waals surface area contributed by atoms with E-state index in [0.717, 1.165) is 16.7 Å². The molecule has 0 saturated heterocycles. The van der Waals surface area contributed by atoms with Crippen LogP contribution in [-0.2, 0) is 25.5 Å². The fourth-order valence-electron chi connectivity index (χ4n) is 3.84. The first kappa shape index (κ1) is 22.3. The summed E-state index contributed by atoms with van der Waals surface area (Å²) in [4.78, 5) is 39.1. The SMILES string of the molecule is COC(=O)Cc1ccc(N2C(=O)C(O)=C(C(=O)CC(C)C)C2c2ccccc2C)cc1. The number of benzene rings is 2. The first-order chi connectivity index (χ1) is 14.7. The van der Waals surface area contributed by atoms with Crippen molar-refractivity contribution < 1.29 is 24.2 Å². The number of hydrogen-bond acceptors (Lipinski definition) is 5. The van der Waals surface area contributed by atoms with E-state index in [4.69, 9.17) is 4.74 Å². The van der Waals surface area contributed by atoms with E-state index in [1.165, 1.54) is 12.0 Å². The van der Waals surface area contributed by atoms with Crippen molar-refractivity contribution in [3.05, 3.63) is 76.6 Å². The van der Waals surface area contributed by atoms with Crippen molar-refractivity contribution in [3.8, 4) is 0 Å². The molecule has 0 spiro atoms. The maximum atomic E-state index is 13.1. The maximum absolute atomic E-state index is 13.1. The molecule has 1 heterocycles. The third-order valence-corrected chi connectivity index (χ3v) is 5.38. The fourth-order valence-corrected chi connectivity index (χ4v) is 3.84. The molecular weight excluding hydrogens is 394 g/mol. The molecule has 2 aromatic rings. The van der Waals surface area contributed by atoms with Gasteiger partial charge in [-0.3, -0.25) is 19.3 Å². The van der Waals surface area contributed by atoms with Gasteiger partial charge in [0.2, 0.25) is 0 Å². The molecule has 0 fully saturated rings. The normalized spacial score (nSPS) is 16.2. The molecule has 31 heavy (non-hydrogen) atoms. The van der Waals surface area contributed by atoms with Gasteiger partial charge in [-0.1, -0.05) is 50.2 Å². The van der Waals surface area contributed by atoms with Crippen LogP contribution in [0.4, 0.5) is 5.69 Å². The van der Waals surface area contributed by atoms with Gasteiger partial charge in [-0.05, 0) is 41.7 Å². The van der Waals surface area contributed by atoms with E-state index in [1.54, 1.807) is 24.3 Å². The smallest absolute Gasteiger partial charge is 0.309 e. The second kappa shape index (κ2) is 9.16. The second-order valence-electron chi connectivity index (χ2n) is 8.14. The quantitative estimate of drug-likeness (QED) is 0.677. The number of aliphatic hydroxyl groups excluding tert-OH is 1. The Hall–Kier alpha value is -3.41. The van der Waals surface area contributed by atoms with E-state index in [9.17, 15) is 19.5 Å². The number of amides is 1. The van der Waals surface area contributed by atoms with Gasteiger partial charge in [0.1, 0.15) is 0 Å². The van der Waals surface area contributed by atoms with Crippen molar-refractivity contribution in [2.75, 3.05) is 12.0 Å². The molecule has 6 heteroatoms. The molecule has 6 nitrogen and oxygen atoms in total.